The summed E-state index contributed by atoms with van der Waals surface area (Å²) >= 11 is 1.79. The van der Waals surface area contributed by atoms with Crippen LogP contribution in [0, 0.1) is 0 Å². The van der Waals surface area contributed by atoms with Gasteiger partial charge in [0.2, 0.25) is 0 Å². The van der Waals surface area contributed by atoms with Crippen LogP contribution < -0.4 is 0 Å². The Balaban J connectivity index is 2.35. The first-order valence-corrected chi connectivity index (χ1v) is 7.39. The minimum absolute atomic E-state index is 0.102. The van der Waals surface area contributed by atoms with Gasteiger partial charge in [-0.3, -0.25) is 14.5 Å². The van der Waals surface area contributed by atoms with Crippen molar-refractivity contribution in [3.63, 3.8) is 0 Å². The van der Waals surface area contributed by atoms with Crippen LogP contribution in [0.4, 0.5) is 4.39 Å². The smallest absolute Gasteiger partial charge is 0.327 e. The summed E-state index contributed by atoms with van der Waals surface area (Å²) < 4.78 is 13.6. The van der Waals surface area contributed by atoms with Crippen molar-refractivity contribution >= 4 is 40.4 Å². The monoisotopic (exact) mass is 391 g/mol. The zero-order chi connectivity index (χ0) is 14.9. The molecular weight excluding hydrogens is 380 g/mol. The number of benzene rings is 1. The molecule has 1 N–H and O–H groups in total. The van der Waals surface area contributed by atoms with E-state index in [4.69, 9.17) is 0 Å². The molecule has 1 aromatic rings. The molecule has 0 fully saturated rings. The number of hydrogen-bond donors (Lipinski definition) is 1. The highest BCUT2D eigenvalue weighted by molar-refractivity contribution is 14.1. The zero-order valence-electron chi connectivity index (χ0n) is 10.3. The molecular formula is C13H11FINO4. The normalized spacial score (nSPS) is 17.0. The van der Waals surface area contributed by atoms with Crippen LogP contribution in [-0.2, 0) is 4.79 Å². The van der Waals surface area contributed by atoms with E-state index in [1.165, 1.54) is 12.1 Å². The highest BCUT2D eigenvalue weighted by Crippen LogP contribution is 2.26. The Morgan fingerprint density at radius 2 is 1.75 bits per heavy atom. The maximum Gasteiger partial charge on any atom is 0.327 e. The van der Waals surface area contributed by atoms with E-state index in [-0.39, 0.29) is 15.6 Å². The summed E-state index contributed by atoms with van der Waals surface area (Å²) in [5, 5.41) is 9.18. The molecule has 0 bridgehead atoms. The van der Waals surface area contributed by atoms with Crippen molar-refractivity contribution in [1.82, 2.24) is 4.90 Å². The summed E-state index contributed by atoms with van der Waals surface area (Å²) in [6.45, 7) is 0. The van der Waals surface area contributed by atoms with Gasteiger partial charge in [0.05, 0.1) is 11.1 Å². The first-order valence-electron chi connectivity index (χ1n) is 5.87. The number of carbonyl (C=O) groups excluding carboxylic acids is 2. The van der Waals surface area contributed by atoms with Crippen molar-refractivity contribution in [3.05, 3.63) is 35.4 Å². The van der Waals surface area contributed by atoms with Gasteiger partial charge >= 0.3 is 5.97 Å². The summed E-state index contributed by atoms with van der Waals surface area (Å²) in [4.78, 5) is 36.2. The molecule has 5 nitrogen and oxygen atoms in total. The van der Waals surface area contributed by atoms with E-state index in [1.807, 2.05) is 0 Å². The topological polar surface area (TPSA) is 74.7 Å². The molecule has 7 heteroatoms. The molecule has 1 aliphatic heterocycles. The molecule has 0 spiro atoms. The number of carboxylic acids is 1. The summed E-state index contributed by atoms with van der Waals surface area (Å²) in [6, 6.07) is 4.62. The van der Waals surface area contributed by atoms with Crippen LogP contribution in [0.15, 0.2) is 24.3 Å². The van der Waals surface area contributed by atoms with E-state index < -0.39 is 36.4 Å². The van der Waals surface area contributed by atoms with Crippen LogP contribution in [-0.4, -0.2) is 44.4 Å². The molecule has 2 rings (SSSR count). The molecule has 0 radical (unpaired) electrons. The Labute approximate surface area is 127 Å². The van der Waals surface area contributed by atoms with Crippen LogP contribution in [0.25, 0.3) is 0 Å². The van der Waals surface area contributed by atoms with Crippen LogP contribution in [0.1, 0.15) is 27.1 Å². The van der Waals surface area contributed by atoms with Crippen LogP contribution in [0.2, 0.25) is 0 Å². The van der Waals surface area contributed by atoms with Gasteiger partial charge < -0.3 is 5.11 Å². The van der Waals surface area contributed by atoms with Crippen molar-refractivity contribution in [3.8, 4) is 0 Å². The van der Waals surface area contributed by atoms with Gasteiger partial charge in [-0.25, -0.2) is 9.18 Å². The lowest BCUT2D eigenvalue weighted by molar-refractivity contribution is -0.142. The fraction of sp³-hybridized carbons (Fsp3) is 0.308. The number of halogens is 2. The molecule has 1 aliphatic rings. The summed E-state index contributed by atoms with van der Waals surface area (Å²) in [5.74, 6) is -2.75. The average Bonchev–Trinajstić information content (AvgIpc) is 2.69. The van der Waals surface area contributed by atoms with Crippen molar-refractivity contribution in [2.24, 2.45) is 0 Å². The van der Waals surface area contributed by atoms with E-state index in [0.29, 0.717) is 4.90 Å². The van der Waals surface area contributed by atoms with E-state index >= 15 is 0 Å². The molecule has 2 amide bonds. The van der Waals surface area contributed by atoms with Gasteiger partial charge in [-0.2, -0.15) is 0 Å². The Kier molecular flexibility index (Phi) is 4.36. The molecule has 2 atom stereocenters. The third-order valence-electron chi connectivity index (χ3n) is 3.07. The third-order valence-corrected chi connectivity index (χ3v) is 4.02. The van der Waals surface area contributed by atoms with E-state index in [2.05, 4.69) is 0 Å². The number of amides is 2. The number of alkyl halides is 2. The average molecular weight is 391 g/mol. The maximum absolute atomic E-state index is 13.5. The molecule has 0 saturated carbocycles. The van der Waals surface area contributed by atoms with Crippen molar-refractivity contribution in [2.45, 2.75) is 18.6 Å². The fourth-order valence-corrected chi connectivity index (χ4v) is 2.47. The number of nitrogens with zero attached hydrogens (tertiary/aromatic N) is 1. The molecule has 0 aliphatic carbocycles. The van der Waals surface area contributed by atoms with Gasteiger partial charge in [-0.1, -0.05) is 34.7 Å². The number of fused-ring (bicyclic) bond motifs is 1. The van der Waals surface area contributed by atoms with Gasteiger partial charge in [0.25, 0.3) is 11.8 Å². The lowest BCUT2D eigenvalue weighted by atomic mass is 10.1. The molecule has 1 heterocycles. The number of carboxylic acid groups (broad SMARTS) is 1. The number of carbonyl (C=O) groups is 3. The third kappa shape index (κ3) is 2.54. The first kappa shape index (κ1) is 14.9. The summed E-state index contributed by atoms with van der Waals surface area (Å²) in [5.41, 5.74) is 0.322. The van der Waals surface area contributed by atoms with Crippen LogP contribution in [0.3, 0.4) is 0 Å². The Bertz CT molecular complexity index is 542. The molecule has 2 unspecified atom stereocenters. The second kappa shape index (κ2) is 5.86. The van der Waals surface area contributed by atoms with Gasteiger partial charge in [-0.05, 0) is 12.1 Å². The predicted molar refractivity (Wildman–Crippen MR) is 76.8 cm³/mol. The van der Waals surface area contributed by atoms with Crippen molar-refractivity contribution in [2.75, 3.05) is 4.43 Å². The highest BCUT2D eigenvalue weighted by atomic mass is 127. The SMILES string of the molecule is O=C(O)C(CC(F)CI)N1C(=O)c2ccccc2C1=O. The van der Waals surface area contributed by atoms with Gasteiger partial charge in [-0.15, -0.1) is 0 Å². The Morgan fingerprint density at radius 3 is 2.15 bits per heavy atom. The lowest BCUT2D eigenvalue weighted by Gasteiger charge is -2.23. The molecule has 106 valence electrons. The number of aliphatic carboxylic acids is 1. The van der Waals surface area contributed by atoms with E-state index in [0.717, 1.165) is 0 Å². The van der Waals surface area contributed by atoms with Gasteiger partial charge in [0.15, 0.2) is 0 Å². The largest absolute Gasteiger partial charge is 0.480 e. The number of rotatable bonds is 5. The Morgan fingerprint density at radius 1 is 1.25 bits per heavy atom. The predicted octanol–water partition coefficient (Wildman–Crippen LogP) is 1.90. The molecule has 0 saturated heterocycles. The highest BCUT2D eigenvalue weighted by Gasteiger charge is 2.43. The van der Waals surface area contributed by atoms with Gasteiger partial charge in [0, 0.05) is 10.8 Å². The van der Waals surface area contributed by atoms with E-state index in [1.54, 1.807) is 34.7 Å². The second-order valence-electron chi connectivity index (χ2n) is 4.37. The maximum atomic E-state index is 13.5. The van der Waals surface area contributed by atoms with Gasteiger partial charge in [0.1, 0.15) is 12.2 Å². The van der Waals surface area contributed by atoms with Crippen LogP contribution in [0.5, 0.6) is 0 Å². The second-order valence-corrected chi connectivity index (χ2v) is 5.25. The zero-order valence-corrected chi connectivity index (χ0v) is 12.4. The van der Waals surface area contributed by atoms with Crippen molar-refractivity contribution < 1.29 is 23.9 Å². The molecule has 1 aromatic carbocycles. The van der Waals surface area contributed by atoms with Crippen LogP contribution >= 0.6 is 22.6 Å². The minimum atomic E-state index is -1.48. The number of imide groups is 1. The Hall–Kier alpha value is -1.51. The van der Waals surface area contributed by atoms with E-state index in [9.17, 15) is 23.9 Å². The summed E-state index contributed by atoms with van der Waals surface area (Å²) in [7, 11) is 0. The first-order chi connectivity index (χ1) is 9.47. The standard InChI is InChI=1S/C13H11FINO4/c14-7(6-15)5-10(13(19)20)16-11(17)8-3-1-2-4-9(8)12(16)18/h1-4,7,10H,5-6H2,(H,19,20). The lowest BCUT2D eigenvalue weighted by Crippen LogP contribution is -2.46. The molecule has 0 aromatic heterocycles. The van der Waals surface area contributed by atoms with Crippen molar-refractivity contribution in [1.29, 1.82) is 0 Å². The minimum Gasteiger partial charge on any atom is -0.480 e. The number of hydrogen-bond acceptors (Lipinski definition) is 3. The fourth-order valence-electron chi connectivity index (χ4n) is 2.11. The summed E-state index contributed by atoms with van der Waals surface area (Å²) in [6.07, 6.45) is -1.79. The quantitative estimate of drug-likeness (QED) is 0.473. The molecule has 20 heavy (non-hydrogen) atoms.